The van der Waals surface area contributed by atoms with Crippen LogP contribution in [0.3, 0.4) is 0 Å². The summed E-state index contributed by atoms with van der Waals surface area (Å²) in [5.41, 5.74) is 0.731. The first kappa shape index (κ1) is 19.9. The summed E-state index contributed by atoms with van der Waals surface area (Å²) in [5, 5.41) is 3.97. The summed E-state index contributed by atoms with van der Waals surface area (Å²) in [7, 11) is -2.23. The van der Waals surface area contributed by atoms with E-state index in [2.05, 4.69) is 10.1 Å². The quantitative estimate of drug-likeness (QED) is 0.424. The standard InChI is InChI=1S/C21H19N3O5S/c1-27-17-11-9-16(10-12-17)21-22-20(29-23-21)15-24(14-18-6-5-13-28-18)30(25,26)19-7-3-2-4-8-19/h2-13H,14-15H2,1H3. The van der Waals surface area contributed by atoms with Crippen LogP contribution in [0.1, 0.15) is 11.7 Å². The fourth-order valence-corrected chi connectivity index (χ4v) is 4.25. The van der Waals surface area contributed by atoms with Crippen molar-refractivity contribution < 1.29 is 22.1 Å². The smallest absolute Gasteiger partial charge is 0.243 e. The summed E-state index contributed by atoms with van der Waals surface area (Å²) in [6.07, 6.45) is 1.50. The van der Waals surface area contributed by atoms with E-state index in [1.165, 1.54) is 10.6 Å². The Bertz CT molecular complexity index is 1190. The number of aromatic nitrogens is 2. The highest BCUT2D eigenvalue weighted by molar-refractivity contribution is 7.89. The largest absolute Gasteiger partial charge is 0.497 e. The van der Waals surface area contributed by atoms with Gasteiger partial charge in [-0.1, -0.05) is 23.4 Å². The molecule has 4 aromatic rings. The molecule has 2 heterocycles. The van der Waals surface area contributed by atoms with Crippen molar-refractivity contribution in [1.82, 2.24) is 14.4 Å². The van der Waals surface area contributed by atoms with Gasteiger partial charge in [-0.3, -0.25) is 0 Å². The van der Waals surface area contributed by atoms with Gasteiger partial charge in [0.15, 0.2) is 0 Å². The Morgan fingerprint density at radius 2 is 1.73 bits per heavy atom. The van der Waals surface area contributed by atoms with E-state index in [0.29, 0.717) is 17.3 Å². The average Bonchev–Trinajstić information content (AvgIpc) is 3.46. The molecule has 2 aromatic carbocycles. The number of hydrogen-bond acceptors (Lipinski definition) is 7. The zero-order chi connectivity index (χ0) is 21.0. The van der Waals surface area contributed by atoms with Crippen molar-refractivity contribution in [2.24, 2.45) is 0 Å². The Balaban J connectivity index is 1.61. The monoisotopic (exact) mass is 425 g/mol. The molecule has 2 aromatic heterocycles. The van der Waals surface area contributed by atoms with Crippen LogP contribution in [0.25, 0.3) is 11.4 Å². The minimum Gasteiger partial charge on any atom is -0.497 e. The molecule has 0 bridgehead atoms. The molecule has 9 heteroatoms. The lowest BCUT2D eigenvalue weighted by atomic mass is 10.2. The maximum atomic E-state index is 13.2. The first-order valence-electron chi connectivity index (χ1n) is 9.11. The average molecular weight is 425 g/mol. The SMILES string of the molecule is COc1ccc(-c2noc(CN(Cc3ccco3)S(=O)(=O)c3ccccc3)n2)cc1. The summed E-state index contributed by atoms with van der Waals surface area (Å²) in [6, 6.07) is 18.8. The molecule has 0 aliphatic carbocycles. The summed E-state index contributed by atoms with van der Waals surface area (Å²) < 4.78 is 43.4. The molecule has 30 heavy (non-hydrogen) atoms. The first-order valence-corrected chi connectivity index (χ1v) is 10.5. The van der Waals surface area contributed by atoms with Crippen LogP contribution in [0.15, 0.2) is 86.8 Å². The molecule has 0 saturated heterocycles. The van der Waals surface area contributed by atoms with E-state index >= 15 is 0 Å². The molecule has 0 amide bonds. The van der Waals surface area contributed by atoms with Crippen molar-refractivity contribution in [2.45, 2.75) is 18.0 Å². The van der Waals surface area contributed by atoms with E-state index in [9.17, 15) is 8.42 Å². The van der Waals surface area contributed by atoms with E-state index in [1.54, 1.807) is 73.8 Å². The van der Waals surface area contributed by atoms with E-state index in [-0.39, 0.29) is 23.9 Å². The lowest BCUT2D eigenvalue weighted by Crippen LogP contribution is -2.30. The van der Waals surface area contributed by atoms with Crippen LogP contribution in [0.2, 0.25) is 0 Å². The van der Waals surface area contributed by atoms with Crippen LogP contribution in [0.5, 0.6) is 5.75 Å². The molecule has 0 atom stereocenters. The molecular formula is C21H19N3O5S. The van der Waals surface area contributed by atoms with Gasteiger partial charge in [-0.05, 0) is 48.5 Å². The topological polar surface area (TPSA) is 98.7 Å². The van der Waals surface area contributed by atoms with Gasteiger partial charge in [0.2, 0.25) is 21.7 Å². The van der Waals surface area contributed by atoms with E-state index in [0.717, 1.165) is 5.56 Å². The molecule has 0 spiro atoms. The number of benzene rings is 2. The van der Waals surface area contributed by atoms with E-state index in [4.69, 9.17) is 13.7 Å². The van der Waals surface area contributed by atoms with E-state index in [1.807, 2.05) is 0 Å². The van der Waals surface area contributed by atoms with Gasteiger partial charge >= 0.3 is 0 Å². The molecule has 0 aliphatic rings. The van der Waals surface area contributed by atoms with Crippen LogP contribution < -0.4 is 4.74 Å². The van der Waals surface area contributed by atoms with Gasteiger partial charge in [0.05, 0.1) is 31.4 Å². The number of rotatable bonds is 8. The van der Waals surface area contributed by atoms with Gasteiger partial charge in [0.25, 0.3) is 0 Å². The molecule has 0 N–H and O–H groups in total. The summed E-state index contributed by atoms with van der Waals surface area (Å²) in [4.78, 5) is 4.53. The Morgan fingerprint density at radius 1 is 0.967 bits per heavy atom. The molecule has 8 nitrogen and oxygen atoms in total. The second kappa shape index (κ2) is 8.52. The maximum Gasteiger partial charge on any atom is 0.243 e. The van der Waals surface area contributed by atoms with Gasteiger partial charge < -0.3 is 13.7 Å². The Hall–Kier alpha value is -3.43. The molecule has 0 saturated carbocycles. The summed E-state index contributed by atoms with van der Waals surface area (Å²) >= 11 is 0. The highest BCUT2D eigenvalue weighted by Gasteiger charge is 2.27. The van der Waals surface area contributed by atoms with Crippen molar-refractivity contribution in [3.8, 4) is 17.1 Å². The van der Waals surface area contributed by atoms with Crippen LogP contribution in [-0.4, -0.2) is 30.0 Å². The predicted octanol–water partition coefficient (Wildman–Crippen LogP) is 3.73. The second-order valence-corrected chi connectivity index (χ2v) is 8.34. The van der Waals surface area contributed by atoms with Gasteiger partial charge in [0, 0.05) is 5.56 Å². The number of ether oxygens (including phenoxy) is 1. The third-order valence-corrected chi connectivity index (χ3v) is 6.23. The molecular weight excluding hydrogens is 406 g/mol. The molecule has 0 aliphatic heterocycles. The fraction of sp³-hybridized carbons (Fsp3) is 0.143. The highest BCUT2D eigenvalue weighted by Crippen LogP contribution is 2.23. The van der Waals surface area contributed by atoms with Crippen LogP contribution in [0, 0.1) is 0 Å². The zero-order valence-electron chi connectivity index (χ0n) is 16.1. The second-order valence-electron chi connectivity index (χ2n) is 6.41. The van der Waals surface area contributed by atoms with Crippen LogP contribution in [0.4, 0.5) is 0 Å². The minimum absolute atomic E-state index is 0.0322. The van der Waals surface area contributed by atoms with E-state index < -0.39 is 10.0 Å². The minimum atomic E-state index is -3.81. The lowest BCUT2D eigenvalue weighted by molar-refractivity contribution is 0.297. The number of furan rings is 1. The van der Waals surface area contributed by atoms with Crippen LogP contribution >= 0.6 is 0 Å². The van der Waals surface area contributed by atoms with Gasteiger partial charge in [0.1, 0.15) is 11.5 Å². The number of hydrogen-bond donors (Lipinski definition) is 0. The maximum absolute atomic E-state index is 13.2. The number of sulfonamides is 1. The van der Waals surface area contributed by atoms with Gasteiger partial charge in [-0.15, -0.1) is 0 Å². The molecule has 0 fully saturated rings. The number of methoxy groups -OCH3 is 1. The first-order chi connectivity index (χ1) is 14.6. The van der Waals surface area contributed by atoms with Crippen molar-refractivity contribution in [3.05, 3.63) is 84.6 Å². The van der Waals surface area contributed by atoms with Crippen molar-refractivity contribution in [1.29, 1.82) is 0 Å². The van der Waals surface area contributed by atoms with Crippen molar-refractivity contribution in [2.75, 3.05) is 7.11 Å². The molecule has 0 radical (unpaired) electrons. The van der Waals surface area contributed by atoms with Crippen molar-refractivity contribution in [3.63, 3.8) is 0 Å². The molecule has 154 valence electrons. The predicted molar refractivity (Wildman–Crippen MR) is 108 cm³/mol. The van der Waals surface area contributed by atoms with Crippen molar-refractivity contribution >= 4 is 10.0 Å². The highest BCUT2D eigenvalue weighted by atomic mass is 32.2. The third-order valence-electron chi connectivity index (χ3n) is 4.42. The molecule has 0 unspecified atom stereocenters. The van der Waals surface area contributed by atoms with Gasteiger partial charge in [-0.2, -0.15) is 9.29 Å². The summed E-state index contributed by atoms with van der Waals surface area (Å²) in [6.45, 7) is -0.0639. The normalized spacial score (nSPS) is 11.7. The third kappa shape index (κ3) is 4.27. The van der Waals surface area contributed by atoms with Crippen LogP contribution in [-0.2, 0) is 23.1 Å². The Morgan fingerprint density at radius 3 is 2.40 bits per heavy atom. The zero-order valence-corrected chi connectivity index (χ0v) is 17.0. The molecule has 4 rings (SSSR count). The summed E-state index contributed by atoms with van der Waals surface area (Å²) in [5.74, 6) is 1.75. The lowest BCUT2D eigenvalue weighted by Gasteiger charge is -2.19. The Kier molecular flexibility index (Phi) is 5.64. The van der Waals surface area contributed by atoms with Gasteiger partial charge in [-0.25, -0.2) is 8.42 Å². The fourth-order valence-electron chi connectivity index (χ4n) is 2.87. The number of nitrogens with zero attached hydrogens (tertiary/aromatic N) is 3. The Labute approximate surface area is 173 Å².